The van der Waals surface area contributed by atoms with Crippen molar-refractivity contribution in [3.63, 3.8) is 0 Å². The van der Waals surface area contributed by atoms with Crippen molar-refractivity contribution in [2.24, 2.45) is 0 Å². The molecule has 0 saturated heterocycles. The maximum atomic E-state index is 13.5. The molecule has 1 aliphatic heterocycles. The summed E-state index contributed by atoms with van der Waals surface area (Å²) in [5, 5.41) is 6.74. The minimum absolute atomic E-state index is 0.0444. The number of halogens is 3. The Labute approximate surface area is 195 Å². The molecule has 7 heteroatoms. The number of rotatable bonds is 3. The smallest absolute Gasteiger partial charge is 0.416 e. The Balaban J connectivity index is 1.59. The lowest BCUT2D eigenvalue weighted by Gasteiger charge is -2.30. The van der Waals surface area contributed by atoms with Crippen molar-refractivity contribution in [3.05, 3.63) is 101 Å². The molecule has 0 bridgehead atoms. The van der Waals surface area contributed by atoms with Gasteiger partial charge in [-0.15, -0.1) is 0 Å². The molecule has 34 heavy (non-hydrogen) atoms. The van der Waals surface area contributed by atoms with Crippen molar-refractivity contribution in [3.8, 4) is 5.75 Å². The minimum Gasteiger partial charge on any atom is -0.497 e. The molecular weight excluding hydrogens is 441 g/mol. The fourth-order valence-electron chi connectivity index (χ4n) is 4.75. The van der Waals surface area contributed by atoms with Gasteiger partial charge in [0.25, 0.3) is 0 Å². The van der Waals surface area contributed by atoms with Crippen LogP contribution in [-0.2, 0) is 11.0 Å². The maximum absolute atomic E-state index is 13.5. The molecule has 4 nitrogen and oxygen atoms in total. The molecule has 0 fully saturated rings. The first-order chi connectivity index (χ1) is 16.3. The molecule has 0 saturated carbocycles. The molecule has 0 amide bonds. The molecule has 174 valence electrons. The van der Waals surface area contributed by atoms with E-state index >= 15 is 0 Å². The molecule has 0 radical (unpaired) electrons. The van der Waals surface area contributed by atoms with Crippen molar-refractivity contribution in [1.29, 1.82) is 0 Å². The summed E-state index contributed by atoms with van der Waals surface area (Å²) in [5.41, 5.74) is 3.41. The lowest BCUT2D eigenvalue weighted by molar-refractivity contribution is -0.137. The van der Waals surface area contributed by atoms with Crippen LogP contribution in [0, 0.1) is 0 Å². The number of Topliss-reactive ketones (excluding diaryl/α,β-unsaturated/α-hetero) is 1. The number of carbonyl (C=O) groups excluding carboxylic acids is 1. The second kappa shape index (κ2) is 8.56. The minimum atomic E-state index is -4.47. The normalized spacial score (nSPS) is 19.9. The number of hydrogen-bond donors (Lipinski definition) is 2. The highest BCUT2D eigenvalue weighted by Crippen LogP contribution is 2.45. The Morgan fingerprint density at radius 3 is 2.32 bits per heavy atom. The summed E-state index contributed by atoms with van der Waals surface area (Å²) in [4.78, 5) is 13.5. The summed E-state index contributed by atoms with van der Waals surface area (Å²) in [6.45, 7) is 0. The van der Waals surface area contributed by atoms with Gasteiger partial charge in [-0.05, 0) is 59.9 Å². The fraction of sp³-hybridized carbons (Fsp3) is 0.222. The van der Waals surface area contributed by atoms with Gasteiger partial charge in [0, 0.05) is 17.7 Å². The second-order valence-electron chi connectivity index (χ2n) is 8.56. The van der Waals surface area contributed by atoms with E-state index in [4.69, 9.17) is 4.74 Å². The quantitative estimate of drug-likeness (QED) is 0.453. The number of nitrogens with one attached hydrogen (secondary N) is 2. The Morgan fingerprint density at radius 1 is 0.882 bits per heavy atom. The van der Waals surface area contributed by atoms with E-state index in [-0.39, 0.29) is 18.1 Å². The molecule has 1 aliphatic carbocycles. The van der Waals surface area contributed by atoms with Crippen molar-refractivity contribution in [2.45, 2.75) is 31.0 Å². The number of allylic oxidation sites excluding steroid dienone is 1. The van der Waals surface area contributed by atoms with Crippen LogP contribution in [0.4, 0.5) is 24.5 Å². The molecular formula is C27H23F3N2O2. The van der Waals surface area contributed by atoms with Crippen LogP contribution in [-0.4, -0.2) is 12.9 Å². The zero-order valence-electron chi connectivity index (χ0n) is 18.4. The molecule has 5 rings (SSSR count). The second-order valence-corrected chi connectivity index (χ2v) is 8.56. The third kappa shape index (κ3) is 4.14. The SMILES string of the molecule is COc1ccc([C@H]2CC(=O)C3=C(C2)Nc2ccccc2N[C@H]3c2cccc(C(F)(F)F)c2)cc1. The average Bonchev–Trinajstić information content (AvgIpc) is 3.00. The highest BCUT2D eigenvalue weighted by molar-refractivity contribution is 6.01. The van der Waals surface area contributed by atoms with Gasteiger partial charge in [0.2, 0.25) is 0 Å². The van der Waals surface area contributed by atoms with Crippen molar-refractivity contribution < 1.29 is 22.7 Å². The van der Waals surface area contributed by atoms with Crippen LogP contribution in [0.2, 0.25) is 0 Å². The van der Waals surface area contributed by atoms with E-state index in [1.165, 1.54) is 6.07 Å². The number of hydrogen-bond acceptors (Lipinski definition) is 4. The van der Waals surface area contributed by atoms with E-state index in [0.29, 0.717) is 17.6 Å². The van der Waals surface area contributed by atoms with Crippen molar-refractivity contribution >= 4 is 17.2 Å². The van der Waals surface area contributed by atoms with Crippen LogP contribution < -0.4 is 15.4 Å². The highest BCUT2D eigenvalue weighted by atomic mass is 19.4. The average molecular weight is 464 g/mol. The number of fused-ring (bicyclic) bond motifs is 1. The molecule has 0 unspecified atom stereocenters. The summed E-state index contributed by atoms with van der Waals surface area (Å²) in [6, 6.07) is 19.6. The predicted molar refractivity (Wildman–Crippen MR) is 125 cm³/mol. The lowest BCUT2D eigenvalue weighted by atomic mass is 9.78. The van der Waals surface area contributed by atoms with E-state index in [9.17, 15) is 18.0 Å². The van der Waals surface area contributed by atoms with Crippen LogP contribution in [0.3, 0.4) is 0 Å². The predicted octanol–water partition coefficient (Wildman–Crippen LogP) is 6.69. The zero-order valence-corrected chi connectivity index (χ0v) is 18.4. The van der Waals surface area contributed by atoms with Gasteiger partial charge in [0.15, 0.2) is 5.78 Å². The van der Waals surface area contributed by atoms with E-state index < -0.39 is 17.8 Å². The molecule has 3 aromatic carbocycles. The first-order valence-corrected chi connectivity index (χ1v) is 11.0. The number of methoxy groups -OCH3 is 1. The van der Waals surface area contributed by atoms with Gasteiger partial charge in [-0.3, -0.25) is 4.79 Å². The monoisotopic (exact) mass is 464 g/mol. The molecule has 0 aromatic heterocycles. The Morgan fingerprint density at radius 2 is 1.62 bits per heavy atom. The summed E-state index contributed by atoms with van der Waals surface area (Å²) in [7, 11) is 1.60. The standard InChI is InChI=1S/C27H23F3N2O2/c1-34-20-11-9-16(10-12-20)18-14-23-25(24(33)15-18)26(32-22-8-3-2-7-21(22)31-23)17-5-4-6-19(13-17)27(28,29)30/h2-13,18,26,31-32H,14-15H2,1H3/t18-,26+/m1/s1. The van der Waals surface area contributed by atoms with Gasteiger partial charge in [-0.2, -0.15) is 13.2 Å². The van der Waals surface area contributed by atoms with E-state index in [2.05, 4.69) is 10.6 Å². The van der Waals surface area contributed by atoms with Gasteiger partial charge in [0.05, 0.1) is 30.1 Å². The van der Waals surface area contributed by atoms with Crippen LogP contribution in [0.25, 0.3) is 0 Å². The summed E-state index contributed by atoms with van der Waals surface area (Å²) in [5.74, 6) is 0.607. The molecule has 0 spiro atoms. The number of alkyl halides is 3. The number of ether oxygens (including phenoxy) is 1. The highest BCUT2D eigenvalue weighted by Gasteiger charge is 2.37. The van der Waals surface area contributed by atoms with E-state index in [1.807, 2.05) is 48.5 Å². The largest absolute Gasteiger partial charge is 0.497 e. The van der Waals surface area contributed by atoms with Crippen LogP contribution >= 0.6 is 0 Å². The van der Waals surface area contributed by atoms with Crippen LogP contribution in [0.5, 0.6) is 5.75 Å². The Hall–Kier alpha value is -3.74. The third-order valence-corrected chi connectivity index (χ3v) is 6.44. The van der Waals surface area contributed by atoms with Gasteiger partial charge >= 0.3 is 6.18 Å². The number of para-hydroxylation sites is 2. The summed E-state index contributed by atoms with van der Waals surface area (Å²) in [6.07, 6.45) is -3.62. The first kappa shape index (κ1) is 22.1. The lowest BCUT2D eigenvalue weighted by Crippen LogP contribution is -2.27. The first-order valence-electron chi connectivity index (χ1n) is 11.0. The van der Waals surface area contributed by atoms with E-state index in [1.54, 1.807) is 13.2 Å². The van der Waals surface area contributed by atoms with Crippen LogP contribution in [0.1, 0.15) is 41.5 Å². The van der Waals surface area contributed by atoms with Crippen molar-refractivity contribution in [1.82, 2.24) is 0 Å². The molecule has 1 heterocycles. The summed E-state index contributed by atoms with van der Waals surface area (Å²) >= 11 is 0. The molecule has 2 aliphatic rings. The Bertz CT molecular complexity index is 1270. The van der Waals surface area contributed by atoms with Crippen LogP contribution in [0.15, 0.2) is 84.1 Å². The van der Waals surface area contributed by atoms with E-state index in [0.717, 1.165) is 40.5 Å². The zero-order chi connectivity index (χ0) is 23.9. The van der Waals surface area contributed by atoms with Crippen molar-refractivity contribution in [2.75, 3.05) is 17.7 Å². The fourth-order valence-corrected chi connectivity index (χ4v) is 4.75. The molecule has 3 aromatic rings. The van der Waals surface area contributed by atoms with Gasteiger partial charge in [-0.25, -0.2) is 0 Å². The van der Waals surface area contributed by atoms with Gasteiger partial charge in [-0.1, -0.05) is 36.4 Å². The third-order valence-electron chi connectivity index (χ3n) is 6.44. The maximum Gasteiger partial charge on any atom is 0.416 e. The van der Waals surface area contributed by atoms with Gasteiger partial charge < -0.3 is 15.4 Å². The summed E-state index contributed by atoms with van der Waals surface area (Å²) < 4.78 is 45.5. The molecule has 2 N–H and O–H groups in total. The number of ketones is 1. The topological polar surface area (TPSA) is 50.4 Å². The number of benzene rings is 3. The molecule has 2 atom stereocenters. The Kier molecular flexibility index (Phi) is 5.55. The van der Waals surface area contributed by atoms with Gasteiger partial charge in [0.1, 0.15) is 5.75 Å². The number of anilines is 2. The number of carbonyl (C=O) groups is 1.